The smallest absolute Gasteiger partial charge is 0.125 e. The Morgan fingerprint density at radius 2 is 1.62 bits per heavy atom. The Labute approximate surface area is 94.1 Å². The van der Waals surface area contributed by atoms with E-state index in [0.29, 0.717) is 5.69 Å². The van der Waals surface area contributed by atoms with Crippen molar-refractivity contribution >= 4 is 17.1 Å². The van der Waals surface area contributed by atoms with Gasteiger partial charge in [0.1, 0.15) is 5.82 Å². The van der Waals surface area contributed by atoms with Gasteiger partial charge < -0.3 is 10.6 Å². The highest BCUT2D eigenvalue weighted by molar-refractivity contribution is 5.65. The van der Waals surface area contributed by atoms with Gasteiger partial charge in [-0.3, -0.25) is 0 Å². The molecule has 2 aromatic carbocycles. The molecule has 3 heteroatoms. The van der Waals surface area contributed by atoms with Crippen molar-refractivity contribution in [2.24, 2.45) is 0 Å². The highest BCUT2D eigenvalue weighted by atomic mass is 19.1. The molecule has 2 N–H and O–H groups in total. The molecule has 0 saturated heterocycles. The number of rotatable bonds is 2. The minimum Gasteiger partial charge on any atom is -0.399 e. The van der Waals surface area contributed by atoms with Crippen LogP contribution in [0.4, 0.5) is 21.5 Å². The zero-order valence-electron chi connectivity index (χ0n) is 9.02. The summed E-state index contributed by atoms with van der Waals surface area (Å²) >= 11 is 0. The summed E-state index contributed by atoms with van der Waals surface area (Å²) in [6.45, 7) is 0. The molecule has 0 amide bonds. The van der Waals surface area contributed by atoms with E-state index in [4.69, 9.17) is 5.73 Å². The largest absolute Gasteiger partial charge is 0.399 e. The van der Waals surface area contributed by atoms with E-state index in [2.05, 4.69) is 0 Å². The lowest BCUT2D eigenvalue weighted by Gasteiger charge is -2.19. The first-order chi connectivity index (χ1) is 7.66. The van der Waals surface area contributed by atoms with Crippen molar-refractivity contribution in [2.45, 2.75) is 0 Å². The highest BCUT2D eigenvalue weighted by Gasteiger charge is 2.04. The molecule has 0 radical (unpaired) electrons. The second kappa shape index (κ2) is 4.23. The van der Waals surface area contributed by atoms with Gasteiger partial charge in [0.05, 0.1) is 0 Å². The summed E-state index contributed by atoms with van der Waals surface area (Å²) in [5.41, 5.74) is 8.13. The number of nitrogens with two attached hydrogens (primary N) is 1. The highest BCUT2D eigenvalue weighted by Crippen LogP contribution is 2.25. The molecule has 0 heterocycles. The Bertz CT molecular complexity index is 451. The minimum absolute atomic E-state index is 0.242. The van der Waals surface area contributed by atoms with E-state index in [-0.39, 0.29) is 5.82 Å². The number of nitrogens with zero attached hydrogens (tertiary/aromatic N) is 1. The SMILES string of the molecule is CN(c1cccc(N)c1)c1cccc(F)c1. The Morgan fingerprint density at radius 3 is 2.25 bits per heavy atom. The van der Waals surface area contributed by atoms with E-state index in [1.54, 1.807) is 6.07 Å². The third-order valence-electron chi connectivity index (χ3n) is 2.45. The molecule has 0 unspecified atom stereocenters. The molecule has 82 valence electrons. The molecule has 0 aliphatic carbocycles. The maximum absolute atomic E-state index is 13.1. The van der Waals surface area contributed by atoms with Crippen LogP contribution >= 0.6 is 0 Å². The van der Waals surface area contributed by atoms with Crippen LogP contribution in [-0.2, 0) is 0 Å². The quantitative estimate of drug-likeness (QED) is 0.781. The van der Waals surface area contributed by atoms with Gasteiger partial charge in [-0.05, 0) is 36.4 Å². The van der Waals surface area contributed by atoms with Gasteiger partial charge in [-0.2, -0.15) is 0 Å². The summed E-state index contributed by atoms with van der Waals surface area (Å²) in [5, 5.41) is 0. The van der Waals surface area contributed by atoms with Crippen molar-refractivity contribution in [2.75, 3.05) is 17.7 Å². The van der Waals surface area contributed by atoms with Gasteiger partial charge in [-0.25, -0.2) is 4.39 Å². The van der Waals surface area contributed by atoms with Gasteiger partial charge in [-0.15, -0.1) is 0 Å². The first-order valence-corrected chi connectivity index (χ1v) is 5.01. The Morgan fingerprint density at radius 1 is 1.00 bits per heavy atom. The van der Waals surface area contributed by atoms with E-state index >= 15 is 0 Å². The van der Waals surface area contributed by atoms with Crippen LogP contribution in [0.3, 0.4) is 0 Å². The summed E-state index contributed by atoms with van der Waals surface area (Å²) in [7, 11) is 1.88. The zero-order chi connectivity index (χ0) is 11.5. The van der Waals surface area contributed by atoms with Gasteiger partial charge in [-0.1, -0.05) is 12.1 Å². The third kappa shape index (κ3) is 2.14. The summed E-state index contributed by atoms with van der Waals surface area (Å²) in [5.74, 6) is -0.242. The van der Waals surface area contributed by atoms with Crippen LogP contribution in [0.1, 0.15) is 0 Å². The lowest BCUT2D eigenvalue weighted by molar-refractivity contribution is 0.628. The van der Waals surface area contributed by atoms with Crippen molar-refractivity contribution in [3.63, 3.8) is 0 Å². The Kier molecular flexibility index (Phi) is 2.77. The van der Waals surface area contributed by atoms with Crippen molar-refractivity contribution in [3.05, 3.63) is 54.3 Å². The van der Waals surface area contributed by atoms with Crippen LogP contribution < -0.4 is 10.6 Å². The third-order valence-corrected chi connectivity index (χ3v) is 2.45. The zero-order valence-corrected chi connectivity index (χ0v) is 9.02. The maximum Gasteiger partial charge on any atom is 0.125 e. The topological polar surface area (TPSA) is 29.3 Å². The fraction of sp³-hybridized carbons (Fsp3) is 0.0769. The maximum atomic E-state index is 13.1. The number of halogens is 1. The molecule has 0 atom stereocenters. The van der Waals surface area contributed by atoms with Gasteiger partial charge >= 0.3 is 0 Å². The molecular formula is C13H13FN2. The second-order valence-electron chi connectivity index (χ2n) is 3.63. The van der Waals surface area contributed by atoms with Crippen molar-refractivity contribution in [3.8, 4) is 0 Å². The Balaban J connectivity index is 2.35. The van der Waals surface area contributed by atoms with Crippen LogP contribution in [0.2, 0.25) is 0 Å². The number of benzene rings is 2. The lowest BCUT2D eigenvalue weighted by atomic mass is 10.2. The average molecular weight is 216 g/mol. The van der Waals surface area contributed by atoms with E-state index in [0.717, 1.165) is 11.4 Å². The Hall–Kier alpha value is -2.03. The molecule has 2 rings (SSSR count). The molecule has 0 aliphatic rings. The van der Waals surface area contributed by atoms with Crippen LogP contribution in [0.15, 0.2) is 48.5 Å². The average Bonchev–Trinajstić information content (AvgIpc) is 2.28. The molecule has 0 aromatic heterocycles. The van der Waals surface area contributed by atoms with Gasteiger partial charge in [0.25, 0.3) is 0 Å². The monoisotopic (exact) mass is 216 g/mol. The molecule has 2 aromatic rings. The van der Waals surface area contributed by atoms with Gasteiger partial charge in [0.15, 0.2) is 0 Å². The van der Waals surface area contributed by atoms with Crippen LogP contribution in [-0.4, -0.2) is 7.05 Å². The molecule has 0 bridgehead atoms. The van der Waals surface area contributed by atoms with Gasteiger partial charge in [0, 0.05) is 24.1 Å². The molecule has 0 fully saturated rings. The first kappa shape index (κ1) is 10.5. The number of nitrogen functional groups attached to an aromatic ring is 1. The lowest BCUT2D eigenvalue weighted by Crippen LogP contribution is -2.09. The fourth-order valence-electron chi connectivity index (χ4n) is 1.57. The molecular weight excluding hydrogens is 203 g/mol. The van der Waals surface area contributed by atoms with E-state index in [1.165, 1.54) is 12.1 Å². The number of anilines is 3. The molecule has 0 aliphatic heterocycles. The molecule has 2 nitrogen and oxygen atoms in total. The van der Waals surface area contributed by atoms with Crippen molar-refractivity contribution < 1.29 is 4.39 Å². The minimum atomic E-state index is -0.242. The van der Waals surface area contributed by atoms with E-state index < -0.39 is 0 Å². The predicted octanol–water partition coefficient (Wildman–Crippen LogP) is 3.18. The van der Waals surface area contributed by atoms with Crippen LogP contribution in [0.5, 0.6) is 0 Å². The molecule has 0 saturated carbocycles. The fourth-order valence-corrected chi connectivity index (χ4v) is 1.57. The van der Waals surface area contributed by atoms with Crippen molar-refractivity contribution in [1.82, 2.24) is 0 Å². The molecule has 0 spiro atoms. The van der Waals surface area contributed by atoms with E-state index in [9.17, 15) is 4.39 Å². The standard InChI is InChI=1S/C13H13FN2/c1-16(12-6-2-4-10(14)8-12)13-7-3-5-11(15)9-13/h2-9H,15H2,1H3. The number of hydrogen-bond acceptors (Lipinski definition) is 2. The van der Waals surface area contributed by atoms with Crippen LogP contribution in [0.25, 0.3) is 0 Å². The summed E-state index contributed by atoms with van der Waals surface area (Å²) in [6.07, 6.45) is 0. The molecule has 16 heavy (non-hydrogen) atoms. The van der Waals surface area contributed by atoms with Crippen LogP contribution in [0, 0.1) is 5.82 Å². The van der Waals surface area contributed by atoms with Crippen molar-refractivity contribution in [1.29, 1.82) is 0 Å². The van der Waals surface area contributed by atoms with E-state index in [1.807, 2.05) is 42.3 Å². The normalized spacial score (nSPS) is 10.1. The summed E-state index contributed by atoms with van der Waals surface area (Å²) in [6, 6.07) is 13.9. The first-order valence-electron chi connectivity index (χ1n) is 5.01. The number of hydrogen-bond donors (Lipinski definition) is 1. The van der Waals surface area contributed by atoms with Gasteiger partial charge in [0.2, 0.25) is 0 Å². The summed E-state index contributed by atoms with van der Waals surface area (Å²) in [4.78, 5) is 1.89. The predicted molar refractivity (Wildman–Crippen MR) is 65.3 cm³/mol. The summed E-state index contributed by atoms with van der Waals surface area (Å²) < 4.78 is 13.1. The second-order valence-corrected chi connectivity index (χ2v) is 3.63.